The van der Waals surface area contributed by atoms with E-state index in [1.165, 1.54) is 32.2 Å². The molecule has 0 saturated heterocycles. The van der Waals surface area contributed by atoms with Gasteiger partial charge in [0, 0.05) is 29.6 Å². The Morgan fingerprint density at radius 1 is 1.38 bits per heavy atom. The van der Waals surface area contributed by atoms with Gasteiger partial charge in [0.2, 0.25) is 0 Å². The van der Waals surface area contributed by atoms with Gasteiger partial charge >= 0.3 is 0 Å². The summed E-state index contributed by atoms with van der Waals surface area (Å²) >= 11 is 0. The summed E-state index contributed by atoms with van der Waals surface area (Å²) in [4.78, 5) is 0. The van der Waals surface area contributed by atoms with Crippen molar-refractivity contribution in [2.75, 3.05) is 7.11 Å². The molecule has 0 aliphatic heterocycles. The second-order valence-corrected chi connectivity index (χ2v) is 4.83. The molecule has 85 valence electrons. The summed E-state index contributed by atoms with van der Waals surface area (Å²) in [5.41, 5.74) is 0.354. The van der Waals surface area contributed by atoms with Gasteiger partial charge in [0.1, 0.15) is 5.25 Å². The number of methoxy groups -OCH3 is 1. The number of ether oxygens (including phenoxy) is 1. The molecule has 1 atom stereocenters. The minimum Gasteiger partial charge on any atom is -0.504 e. The molecule has 0 bridgehead atoms. The molecule has 7 heteroatoms. The molecule has 1 unspecified atom stereocenters. The Kier molecular flexibility index (Phi) is 5.78. The van der Waals surface area contributed by atoms with E-state index in [2.05, 4.69) is 0 Å². The van der Waals surface area contributed by atoms with E-state index >= 15 is 0 Å². The van der Waals surface area contributed by atoms with Gasteiger partial charge in [0.05, 0.1) is 7.11 Å². The second-order valence-electron chi connectivity index (χ2n) is 3.09. The smallest absolute Gasteiger partial charge is 0.271 e. The van der Waals surface area contributed by atoms with E-state index in [9.17, 15) is 13.5 Å². The molecule has 0 aliphatic rings. The first-order valence-corrected chi connectivity index (χ1v) is 5.69. The fourth-order valence-electron chi connectivity index (χ4n) is 1.12. The van der Waals surface area contributed by atoms with E-state index in [4.69, 9.17) is 9.29 Å². The summed E-state index contributed by atoms with van der Waals surface area (Å²) < 4.78 is 35.4. The Balaban J connectivity index is 0.00000225. The fourth-order valence-corrected chi connectivity index (χ4v) is 1.61. The minimum absolute atomic E-state index is 0. The van der Waals surface area contributed by atoms with E-state index < -0.39 is 15.4 Å². The number of benzene rings is 1. The monoisotopic (exact) mass is 255 g/mol. The van der Waals surface area contributed by atoms with Gasteiger partial charge in [-0.1, -0.05) is 6.07 Å². The van der Waals surface area contributed by atoms with Gasteiger partial charge in [-0.25, -0.2) is 0 Å². The van der Waals surface area contributed by atoms with Crippen molar-refractivity contribution in [3.8, 4) is 11.5 Å². The maximum Gasteiger partial charge on any atom is 0.271 e. The van der Waals surface area contributed by atoms with E-state index in [1.807, 2.05) is 0 Å². The van der Waals surface area contributed by atoms with Crippen molar-refractivity contribution in [3.63, 3.8) is 0 Å². The summed E-state index contributed by atoms with van der Waals surface area (Å²) in [6.45, 7) is 1.35. The third kappa shape index (κ3) is 3.64. The van der Waals surface area contributed by atoms with Gasteiger partial charge in [-0.3, -0.25) is 4.55 Å². The molecule has 0 saturated carbocycles. The molecule has 1 radical (unpaired) electrons. The number of rotatable bonds is 3. The molecule has 16 heavy (non-hydrogen) atoms. The van der Waals surface area contributed by atoms with E-state index in [-0.39, 0.29) is 41.1 Å². The number of phenolic OH excluding ortho intramolecular Hbond substituents is 1. The summed E-state index contributed by atoms with van der Waals surface area (Å²) in [5, 5.41) is 8.23. The van der Waals surface area contributed by atoms with Gasteiger partial charge in [-0.05, 0) is 24.6 Å². The van der Waals surface area contributed by atoms with Crippen LogP contribution in [0.15, 0.2) is 18.2 Å². The van der Waals surface area contributed by atoms with Crippen molar-refractivity contribution in [3.05, 3.63) is 23.8 Å². The van der Waals surface area contributed by atoms with Gasteiger partial charge in [-0.15, -0.1) is 0 Å². The Labute approximate surface area is 116 Å². The van der Waals surface area contributed by atoms with Crippen LogP contribution in [0, 0.1) is 0 Å². The first kappa shape index (κ1) is 15.7. The van der Waals surface area contributed by atoms with Crippen LogP contribution in [-0.4, -0.2) is 54.7 Å². The molecule has 0 fully saturated rings. The Morgan fingerprint density at radius 2 is 1.94 bits per heavy atom. The largest absolute Gasteiger partial charge is 0.504 e. The van der Waals surface area contributed by atoms with Crippen LogP contribution in [0.2, 0.25) is 0 Å². The third-order valence-electron chi connectivity index (χ3n) is 2.12. The normalized spacial score (nSPS) is 12.7. The molecule has 0 aliphatic carbocycles. The molecule has 1 aromatic rings. The Bertz CT molecular complexity index is 457. The molecule has 1 aromatic carbocycles. The standard InChI is InChI=1S/C9H12O5S.Na/c1-6(15(11,12)13)7-3-4-8(10)9(5-7)14-2;/h3-6,10H,1-2H3,(H,11,12,13);. The number of aromatic hydroxyl groups is 1. The zero-order valence-corrected chi connectivity index (χ0v) is 12.2. The van der Waals surface area contributed by atoms with E-state index in [0.29, 0.717) is 5.56 Å². The van der Waals surface area contributed by atoms with Crippen LogP contribution in [-0.2, 0) is 10.1 Å². The molecule has 2 N–H and O–H groups in total. The summed E-state index contributed by atoms with van der Waals surface area (Å²) in [6.07, 6.45) is 0. The van der Waals surface area contributed by atoms with Crippen LogP contribution < -0.4 is 4.74 Å². The van der Waals surface area contributed by atoms with Crippen LogP contribution in [0.25, 0.3) is 0 Å². The fraction of sp³-hybridized carbons (Fsp3) is 0.333. The van der Waals surface area contributed by atoms with Crippen LogP contribution in [0.3, 0.4) is 0 Å². The summed E-state index contributed by atoms with van der Waals surface area (Å²) in [5.74, 6) is 0.0896. The quantitative estimate of drug-likeness (QED) is 0.621. The molecule has 5 nitrogen and oxygen atoms in total. The zero-order valence-electron chi connectivity index (χ0n) is 9.34. The second kappa shape index (κ2) is 5.88. The predicted octanol–water partition coefficient (Wildman–Crippen LogP) is 0.969. The first-order chi connectivity index (χ1) is 6.86. The van der Waals surface area contributed by atoms with Crippen LogP contribution in [0.1, 0.15) is 17.7 Å². The van der Waals surface area contributed by atoms with Crippen molar-refractivity contribution in [2.24, 2.45) is 0 Å². The molecular formula is C9H12NaO5S. The van der Waals surface area contributed by atoms with Gasteiger partial charge < -0.3 is 9.84 Å². The van der Waals surface area contributed by atoms with Crippen molar-refractivity contribution < 1.29 is 22.8 Å². The van der Waals surface area contributed by atoms with Crippen molar-refractivity contribution >= 4 is 39.7 Å². The van der Waals surface area contributed by atoms with Crippen molar-refractivity contribution in [1.82, 2.24) is 0 Å². The SMILES string of the molecule is COc1cc(C(C)S(=O)(=O)O)ccc1O.[Na]. The zero-order chi connectivity index (χ0) is 11.6. The van der Waals surface area contributed by atoms with Crippen LogP contribution in [0.5, 0.6) is 11.5 Å². The topological polar surface area (TPSA) is 83.8 Å². The number of hydrogen-bond acceptors (Lipinski definition) is 4. The predicted molar refractivity (Wildman–Crippen MR) is 60.4 cm³/mol. The van der Waals surface area contributed by atoms with Crippen LogP contribution >= 0.6 is 0 Å². The maximum absolute atomic E-state index is 10.9. The van der Waals surface area contributed by atoms with E-state index in [0.717, 1.165) is 0 Å². The molecule has 0 amide bonds. The molecule has 0 aromatic heterocycles. The van der Waals surface area contributed by atoms with Gasteiger partial charge in [-0.2, -0.15) is 8.42 Å². The van der Waals surface area contributed by atoms with Crippen LogP contribution in [0.4, 0.5) is 0 Å². The first-order valence-electron chi connectivity index (χ1n) is 4.19. The number of phenols is 1. The molecule has 1 rings (SSSR count). The van der Waals surface area contributed by atoms with E-state index in [1.54, 1.807) is 0 Å². The van der Waals surface area contributed by atoms with Crippen molar-refractivity contribution in [2.45, 2.75) is 12.2 Å². The molecule has 0 heterocycles. The summed E-state index contributed by atoms with van der Waals surface area (Å²) in [7, 11) is -2.77. The van der Waals surface area contributed by atoms with Gasteiger partial charge in [0.25, 0.3) is 10.1 Å². The third-order valence-corrected chi connectivity index (χ3v) is 3.29. The van der Waals surface area contributed by atoms with Crippen molar-refractivity contribution in [1.29, 1.82) is 0 Å². The minimum atomic E-state index is -4.13. The average Bonchev–Trinajstić information content (AvgIpc) is 2.16. The Hall–Kier alpha value is -0.270. The number of hydrogen-bond donors (Lipinski definition) is 2. The summed E-state index contributed by atoms with van der Waals surface area (Å²) in [6, 6.07) is 4.10. The molecule has 0 spiro atoms. The molecular weight excluding hydrogens is 243 g/mol. The van der Waals surface area contributed by atoms with Gasteiger partial charge in [0.15, 0.2) is 11.5 Å². The average molecular weight is 255 g/mol. The maximum atomic E-state index is 10.9. The Morgan fingerprint density at radius 3 is 2.38 bits per heavy atom.